The van der Waals surface area contributed by atoms with Crippen LogP contribution in [0, 0.1) is 5.92 Å². The van der Waals surface area contributed by atoms with Crippen molar-refractivity contribution >= 4 is 18.3 Å². The molecule has 1 heterocycles. The highest BCUT2D eigenvalue weighted by molar-refractivity contribution is 5.85. The van der Waals surface area contributed by atoms with Crippen molar-refractivity contribution in [1.29, 1.82) is 0 Å². The van der Waals surface area contributed by atoms with Crippen LogP contribution in [0.4, 0.5) is 0 Å². The Morgan fingerprint density at radius 3 is 2.57 bits per heavy atom. The number of rotatable bonds is 6. The lowest BCUT2D eigenvalue weighted by atomic mass is 9.85. The molecule has 1 aliphatic carbocycles. The average molecular weight is 320 g/mol. The summed E-state index contributed by atoms with van der Waals surface area (Å²) in [5.41, 5.74) is 6.02. The van der Waals surface area contributed by atoms with Crippen LogP contribution in [0.2, 0.25) is 0 Å². The summed E-state index contributed by atoms with van der Waals surface area (Å²) in [7, 11) is 0. The number of nitrogens with two attached hydrogens (primary N) is 1. The number of ether oxygens (including phenoxy) is 1. The molecule has 1 saturated heterocycles. The standard InChI is InChI=1S/C15H29N3O2.ClH/c16-14(12-13-4-2-1-3-5-13)15(19)17-6-7-18-8-10-20-11-9-18;/h13-14H,1-12,16H2,(H,17,19);1H. The molecule has 0 aromatic heterocycles. The van der Waals surface area contributed by atoms with Gasteiger partial charge >= 0.3 is 0 Å². The van der Waals surface area contributed by atoms with Crippen molar-refractivity contribution < 1.29 is 9.53 Å². The predicted octanol–water partition coefficient (Wildman–Crippen LogP) is 1.15. The maximum Gasteiger partial charge on any atom is 0.236 e. The Bertz CT molecular complexity index is 293. The normalized spacial score (nSPS) is 22.3. The first-order chi connectivity index (χ1) is 9.75. The summed E-state index contributed by atoms with van der Waals surface area (Å²) in [6, 6.07) is -0.331. The highest BCUT2D eigenvalue weighted by Gasteiger charge is 2.21. The van der Waals surface area contributed by atoms with Crippen LogP contribution in [0.15, 0.2) is 0 Å². The second-order valence-electron chi connectivity index (χ2n) is 6.09. The molecule has 2 rings (SSSR count). The van der Waals surface area contributed by atoms with Crippen molar-refractivity contribution in [1.82, 2.24) is 10.2 Å². The van der Waals surface area contributed by atoms with Crippen molar-refractivity contribution in [2.75, 3.05) is 39.4 Å². The number of carbonyl (C=O) groups excluding carboxylic acids is 1. The number of hydrogen-bond donors (Lipinski definition) is 2. The first-order valence-corrected chi connectivity index (χ1v) is 8.09. The highest BCUT2D eigenvalue weighted by Crippen LogP contribution is 2.26. The van der Waals surface area contributed by atoms with Crippen molar-refractivity contribution in [2.24, 2.45) is 11.7 Å². The van der Waals surface area contributed by atoms with Gasteiger partial charge in [-0.3, -0.25) is 9.69 Å². The fourth-order valence-corrected chi connectivity index (χ4v) is 3.18. The van der Waals surface area contributed by atoms with Gasteiger partial charge in [0.2, 0.25) is 5.91 Å². The van der Waals surface area contributed by atoms with Gasteiger partial charge in [0.05, 0.1) is 19.3 Å². The lowest BCUT2D eigenvalue weighted by Crippen LogP contribution is -2.46. The Morgan fingerprint density at radius 1 is 1.24 bits per heavy atom. The average Bonchev–Trinajstić information content (AvgIpc) is 2.49. The summed E-state index contributed by atoms with van der Waals surface area (Å²) in [4.78, 5) is 14.3. The minimum atomic E-state index is -0.331. The van der Waals surface area contributed by atoms with Crippen LogP contribution in [0.25, 0.3) is 0 Å². The van der Waals surface area contributed by atoms with Crippen molar-refractivity contribution in [2.45, 2.75) is 44.6 Å². The van der Waals surface area contributed by atoms with Gasteiger partial charge in [-0.15, -0.1) is 12.4 Å². The molecule has 1 saturated carbocycles. The minimum absolute atomic E-state index is 0. The Balaban J connectivity index is 0.00000220. The predicted molar refractivity (Wildman–Crippen MR) is 86.7 cm³/mol. The van der Waals surface area contributed by atoms with Gasteiger partial charge in [0.25, 0.3) is 0 Å². The summed E-state index contributed by atoms with van der Waals surface area (Å²) in [5.74, 6) is 0.674. The second kappa shape index (κ2) is 10.4. The van der Waals surface area contributed by atoms with E-state index in [1.54, 1.807) is 0 Å². The lowest BCUT2D eigenvalue weighted by Gasteiger charge is -2.27. The van der Waals surface area contributed by atoms with E-state index in [4.69, 9.17) is 10.5 Å². The number of nitrogens with zero attached hydrogens (tertiary/aromatic N) is 1. The third kappa shape index (κ3) is 6.96. The van der Waals surface area contributed by atoms with E-state index in [0.29, 0.717) is 12.5 Å². The van der Waals surface area contributed by atoms with E-state index in [0.717, 1.165) is 39.3 Å². The highest BCUT2D eigenvalue weighted by atomic mass is 35.5. The molecule has 0 aromatic rings. The topological polar surface area (TPSA) is 67.6 Å². The largest absolute Gasteiger partial charge is 0.379 e. The van der Waals surface area contributed by atoms with Gasteiger partial charge < -0.3 is 15.8 Å². The van der Waals surface area contributed by atoms with Gasteiger partial charge in [-0.05, 0) is 12.3 Å². The molecule has 0 bridgehead atoms. The van der Waals surface area contributed by atoms with Gasteiger partial charge in [-0.2, -0.15) is 0 Å². The summed E-state index contributed by atoms with van der Waals surface area (Å²) >= 11 is 0. The van der Waals surface area contributed by atoms with Crippen molar-refractivity contribution in [3.05, 3.63) is 0 Å². The van der Waals surface area contributed by atoms with E-state index in [2.05, 4.69) is 10.2 Å². The molecule has 3 N–H and O–H groups in total. The van der Waals surface area contributed by atoms with Gasteiger partial charge in [0.1, 0.15) is 0 Å². The Labute approximate surface area is 134 Å². The van der Waals surface area contributed by atoms with Crippen LogP contribution < -0.4 is 11.1 Å². The van der Waals surface area contributed by atoms with E-state index >= 15 is 0 Å². The minimum Gasteiger partial charge on any atom is -0.379 e. The van der Waals surface area contributed by atoms with Gasteiger partial charge in [0, 0.05) is 26.2 Å². The quantitative estimate of drug-likeness (QED) is 0.771. The van der Waals surface area contributed by atoms with Crippen LogP contribution >= 0.6 is 12.4 Å². The summed E-state index contributed by atoms with van der Waals surface area (Å²) < 4.78 is 5.30. The fraction of sp³-hybridized carbons (Fsp3) is 0.933. The smallest absolute Gasteiger partial charge is 0.236 e. The van der Waals surface area contributed by atoms with Gasteiger partial charge in [-0.1, -0.05) is 32.1 Å². The fourth-order valence-electron chi connectivity index (χ4n) is 3.18. The van der Waals surface area contributed by atoms with Gasteiger partial charge in [0.15, 0.2) is 0 Å². The molecular formula is C15H30ClN3O2. The van der Waals surface area contributed by atoms with E-state index in [1.165, 1.54) is 32.1 Å². The van der Waals surface area contributed by atoms with Crippen molar-refractivity contribution in [3.63, 3.8) is 0 Å². The molecular weight excluding hydrogens is 290 g/mol. The molecule has 0 spiro atoms. The number of amides is 1. The zero-order valence-corrected chi connectivity index (χ0v) is 13.7. The Kier molecular flexibility index (Phi) is 9.24. The zero-order valence-electron chi connectivity index (χ0n) is 12.9. The number of carbonyl (C=O) groups is 1. The molecule has 2 aliphatic rings. The third-order valence-corrected chi connectivity index (χ3v) is 4.48. The monoisotopic (exact) mass is 319 g/mol. The van der Waals surface area contributed by atoms with E-state index in [1.807, 2.05) is 0 Å². The number of halogens is 1. The van der Waals surface area contributed by atoms with Crippen LogP contribution in [0.5, 0.6) is 0 Å². The molecule has 2 fully saturated rings. The van der Waals surface area contributed by atoms with E-state index < -0.39 is 0 Å². The van der Waals surface area contributed by atoms with Crippen molar-refractivity contribution in [3.8, 4) is 0 Å². The Hall–Kier alpha value is -0.360. The SMILES string of the molecule is Cl.NC(CC1CCCCC1)C(=O)NCCN1CCOCC1. The molecule has 0 aromatic carbocycles. The summed E-state index contributed by atoms with van der Waals surface area (Å²) in [6.45, 7) is 5.11. The van der Waals surface area contributed by atoms with Crippen LogP contribution in [-0.4, -0.2) is 56.2 Å². The first-order valence-electron chi connectivity index (χ1n) is 8.09. The molecule has 6 heteroatoms. The molecule has 1 amide bonds. The Morgan fingerprint density at radius 2 is 1.90 bits per heavy atom. The summed E-state index contributed by atoms with van der Waals surface area (Å²) in [6.07, 6.45) is 7.29. The molecule has 5 nitrogen and oxygen atoms in total. The third-order valence-electron chi connectivity index (χ3n) is 4.48. The number of hydrogen-bond acceptors (Lipinski definition) is 4. The van der Waals surface area contributed by atoms with Crippen LogP contribution in [0.1, 0.15) is 38.5 Å². The number of morpholine rings is 1. The lowest BCUT2D eigenvalue weighted by molar-refractivity contribution is -0.122. The first kappa shape index (κ1) is 18.7. The van der Waals surface area contributed by atoms with E-state index in [9.17, 15) is 4.79 Å². The molecule has 1 aliphatic heterocycles. The molecule has 1 unspecified atom stereocenters. The number of nitrogens with one attached hydrogen (secondary N) is 1. The summed E-state index contributed by atoms with van der Waals surface area (Å²) in [5, 5.41) is 2.97. The maximum atomic E-state index is 12.0. The van der Waals surface area contributed by atoms with Crippen LogP contribution in [-0.2, 0) is 9.53 Å². The zero-order chi connectivity index (χ0) is 14.2. The maximum absolute atomic E-state index is 12.0. The molecule has 21 heavy (non-hydrogen) atoms. The molecule has 124 valence electrons. The van der Waals surface area contributed by atoms with E-state index in [-0.39, 0.29) is 24.4 Å². The molecule has 1 atom stereocenters. The second-order valence-corrected chi connectivity index (χ2v) is 6.09. The van der Waals surface area contributed by atoms with Gasteiger partial charge in [-0.25, -0.2) is 0 Å². The van der Waals surface area contributed by atoms with Crippen LogP contribution in [0.3, 0.4) is 0 Å². The molecule has 0 radical (unpaired) electrons.